The summed E-state index contributed by atoms with van der Waals surface area (Å²) in [6.07, 6.45) is 0. The van der Waals surface area contributed by atoms with Gasteiger partial charge in [-0.05, 0) is 30.3 Å². The van der Waals surface area contributed by atoms with E-state index in [-0.39, 0.29) is 45.5 Å². The number of benzene rings is 3. The third kappa shape index (κ3) is 3.38. The van der Waals surface area contributed by atoms with Gasteiger partial charge in [0.15, 0.2) is 11.0 Å². The van der Waals surface area contributed by atoms with E-state index < -0.39 is 34.4 Å². The molecular weight excluding hydrogens is 550 g/mol. The fourth-order valence-electron chi connectivity index (χ4n) is 5.64. The van der Waals surface area contributed by atoms with Crippen LogP contribution in [0.1, 0.15) is 52.0 Å². The molecule has 2 aliphatic heterocycles. The van der Waals surface area contributed by atoms with Gasteiger partial charge in [-0.1, -0.05) is 61.6 Å². The second kappa shape index (κ2) is 8.87. The highest BCUT2D eigenvalue weighted by Crippen LogP contribution is 2.54. The Bertz CT molecular complexity index is 1990. The molecule has 204 valence electrons. The first-order chi connectivity index (χ1) is 19.7. The van der Waals surface area contributed by atoms with Gasteiger partial charge >= 0.3 is 0 Å². The summed E-state index contributed by atoms with van der Waals surface area (Å²) in [6.45, 7) is 3.67. The summed E-state index contributed by atoms with van der Waals surface area (Å²) in [6, 6.07) is 16.2. The zero-order chi connectivity index (χ0) is 28.6. The van der Waals surface area contributed by atoms with E-state index in [1.165, 1.54) is 17.0 Å². The number of anilines is 2. The Hall–Kier alpha value is -4.77. The van der Waals surface area contributed by atoms with E-state index in [0.29, 0.717) is 16.3 Å². The molecule has 1 atom stereocenters. The fraction of sp³-hybridized carbons (Fsp3) is 0.167. The van der Waals surface area contributed by atoms with Crippen LogP contribution in [0.3, 0.4) is 0 Å². The van der Waals surface area contributed by atoms with Gasteiger partial charge in [0.2, 0.25) is 10.9 Å². The lowest BCUT2D eigenvalue weighted by molar-refractivity contribution is -0.121. The quantitative estimate of drug-likeness (QED) is 0.283. The lowest BCUT2D eigenvalue weighted by Crippen LogP contribution is -2.53. The Balaban J connectivity index is 1.56. The SMILES string of the molecule is CC(C)c1nnc(N2C(=O)c3oc4ccc(F)cc4c(=O)c3C23C(=O)N(Cc2ccccc2F)c2ccccc23)s1. The van der Waals surface area contributed by atoms with E-state index >= 15 is 0 Å². The first-order valence-corrected chi connectivity index (χ1v) is 13.6. The summed E-state index contributed by atoms with van der Waals surface area (Å²) in [5.41, 5.74) is -2.05. The Kier molecular flexibility index (Phi) is 5.45. The number of halogens is 2. The van der Waals surface area contributed by atoms with Gasteiger partial charge < -0.3 is 9.32 Å². The molecule has 11 heteroatoms. The number of carbonyl (C=O) groups excluding carboxylic acids is 2. The molecule has 1 unspecified atom stereocenters. The molecule has 0 saturated heterocycles. The van der Waals surface area contributed by atoms with E-state index in [9.17, 15) is 23.2 Å². The molecule has 2 aromatic heterocycles. The molecule has 0 N–H and O–H groups in total. The van der Waals surface area contributed by atoms with Crippen LogP contribution in [0.2, 0.25) is 0 Å². The smallest absolute Gasteiger partial charge is 0.297 e. The first kappa shape index (κ1) is 25.2. The van der Waals surface area contributed by atoms with Crippen molar-refractivity contribution in [3.8, 4) is 0 Å². The van der Waals surface area contributed by atoms with Gasteiger partial charge in [0.1, 0.15) is 22.2 Å². The molecule has 4 heterocycles. The predicted octanol–water partition coefficient (Wildman–Crippen LogP) is 5.50. The summed E-state index contributed by atoms with van der Waals surface area (Å²) < 4.78 is 35.0. The number of amides is 2. The molecule has 7 rings (SSSR count). The number of fused-ring (bicyclic) bond motifs is 5. The minimum atomic E-state index is -2.04. The van der Waals surface area contributed by atoms with Crippen molar-refractivity contribution in [2.75, 3.05) is 9.80 Å². The van der Waals surface area contributed by atoms with Gasteiger partial charge in [-0.2, -0.15) is 0 Å². The molecule has 0 saturated carbocycles. The van der Waals surface area contributed by atoms with E-state index in [4.69, 9.17) is 4.42 Å². The predicted molar refractivity (Wildman–Crippen MR) is 148 cm³/mol. The van der Waals surface area contributed by atoms with Crippen LogP contribution < -0.4 is 15.2 Å². The number of carbonyl (C=O) groups is 2. The van der Waals surface area contributed by atoms with Crippen molar-refractivity contribution in [1.29, 1.82) is 0 Å². The standard InChI is InChI=1S/C30H20F2N4O4S/c1-15(2)26-33-34-29(41-26)36-27(38)25-23(24(37)18-13-17(31)11-12-22(18)40-25)30(36)19-8-4-6-10-21(19)35(28(30)39)14-16-7-3-5-9-20(16)32/h3-13,15H,14H2,1-2H3. The zero-order valence-electron chi connectivity index (χ0n) is 21.7. The van der Waals surface area contributed by atoms with Crippen molar-refractivity contribution >= 4 is 44.9 Å². The van der Waals surface area contributed by atoms with Crippen LogP contribution in [-0.2, 0) is 16.9 Å². The van der Waals surface area contributed by atoms with Crippen molar-refractivity contribution in [3.05, 3.63) is 116 Å². The normalized spacial score (nSPS) is 17.8. The number of aromatic nitrogens is 2. The Morgan fingerprint density at radius 2 is 1.73 bits per heavy atom. The number of hydrogen-bond acceptors (Lipinski definition) is 7. The van der Waals surface area contributed by atoms with Gasteiger partial charge in [0, 0.05) is 17.0 Å². The van der Waals surface area contributed by atoms with Gasteiger partial charge in [-0.15, -0.1) is 10.2 Å². The van der Waals surface area contributed by atoms with Gasteiger partial charge in [0.25, 0.3) is 11.8 Å². The van der Waals surface area contributed by atoms with Crippen molar-refractivity contribution < 1.29 is 22.8 Å². The molecule has 2 amide bonds. The highest BCUT2D eigenvalue weighted by Gasteiger charge is 2.66. The molecule has 5 aromatic rings. The lowest BCUT2D eigenvalue weighted by atomic mass is 9.84. The number of para-hydroxylation sites is 1. The number of hydrogen-bond donors (Lipinski definition) is 0. The second-order valence-electron chi connectivity index (χ2n) is 10.2. The van der Waals surface area contributed by atoms with Gasteiger partial charge in [-0.3, -0.25) is 19.3 Å². The van der Waals surface area contributed by atoms with E-state index in [0.717, 1.165) is 28.4 Å². The highest BCUT2D eigenvalue weighted by molar-refractivity contribution is 7.15. The molecule has 1 spiro atoms. The molecule has 41 heavy (non-hydrogen) atoms. The van der Waals surface area contributed by atoms with Crippen LogP contribution in [0.15, 0.2) is 75.9 Å². The Labute approximate surface area is 235 Å². The number of nitrogens with zero attached hydrogens (tertiary/aromatic N) is 4. The molecule has 0 aliphatic carbocycles. The van der Waals surface area contributed by atoms with Crippen LogP contribution in [0, 0.1) is 11.6 Å². The summed E-state index contributed by atoms with van der Waals surface area (Å²) >= 11 is 1.12. The summed E-state index contributed by atoms with van der Waals surface area (Å²) in [5, 5.41) is 9.07. The summed E-state index contributed by atoms with van der Waals surface area (Å²) in [5.74, 6) is -2.97. The summed E-state index contributed by atoms with van der Waals surface area (Å²) in [7, 11) is 0. The van der Waals surface area contributed by atoms with Crippen molar-refractivity contribution in [1.82, 2.24) is 10.2 Å². The Morgan fingerprint density at radius 1 is 0.976 bits per heavy atom. The third-order valence-corrected chi connectivity index (χ3v) is 8.70. The van der Waals surface area contributed by atoms with Crippen LogP contribution in [0.25, 0.3) is 11.0 Å². The largest absolute Gasteiger partial charge is 0.450 e. The molecular formula is C30H20F2N4O4S. The minimum Gasteiger partial charge on any atom is -0.450 e. The van der Waals surface area contributed by atoms with Gasteiger partial charge in [0.05, 0.1) is 23.2 Å². The van der Waals surface area contributed by atoms with Crippen molar-refractivity contribution in [3.63, 3.8) is 0 Å². The van der Waals surface area contributed by atoms with E-state index in [1.54, 1.807) is 42.5 Å². The summed E-state index contributed by atoms with van der Waals surface area (Å²) in [4.78, 5) is 45.7. The minimum absolute atomic E-state index is 0.00239. The first-order valence-electron chi connectivity index (χ1n) is 12.8. The average Bonchev–Trinajstić information content (AvgIpc) is 3.61. The lowest BCUT2D eigenvalue weighted by Gasteiger charge is -2.32. The highest BCUT2D eigenvalue weighted by atomic mass is 32.1. The Morgan fingerprint density at radius 3 is 2.49 bits per heavy atom. The second-order valence-corrected chi connectivity index (χ2v) is 11.2. The molecule has 0 bridgehead atoms. The van der Waals surface area contributed by atoms with Crippen LogP contribution in [0.4, 0.5) is 19.6 Å². The van der Waals surface area contributed by atoms with Crippen molar-refractivity contribution in [2.45, 2.75) is 31.8 Å². The molecule has 0 fully saturated rings. The third-order valence-electron chi connectivity index (χ3n) is 7.49. The fourth-order valence-corrected chi connectivity index (χ4v) is 6.54. The zero-order valence-corrected chi connectivity index (χ0v) is 22.5. The van der Waals surface area contributed by atoms with Gasteiger partial charge in [-0.25, -0.2) is 8.78 Å². The molecule has 8 nitrogen and oxygen atoms in total. The topological polar surface area (TPSA) is 96.6 Å². The number of rotatable bonds is 4. The van der Waals surface area contributed by atoms with Crippen LogP contribution in [-0.4, -0.2) is 22.0 Å². The van der Waals surface area contributed by atoms with E-state index in [1.807, 2.05) is 13.8 Å². The molecule has 3 aromatic carbocycles. The van der Waals surface area contributed by atoms with E-state index in [2.05, 4.69) is 10.2 Å². The maximum atomic E-state index is 14.8. The van der Waals surface area contributed by atoms with Crippen LogP contribution >= 0.6 is 11.3 Å². The molecule has 0 radical (unpaired) electrons. The van der Waals surface area contributed by atoms with Crippen molar-refractivity contribution in [2.24, 2.45) is 0 Å². The maximum Gasteiger partial charge on any atom is 0.297 e. The van der Waals surface area contributed by atoms with Crippen LogP contribution in [0.5, 0.6) is 0 Å². The maximum absolute atomic E-state index is 14.8. The monoisotopic (exact) mass is 570 g/mol. The average molecular weight is 571 g/mol. The molecule has 2 aliphatic rings.